The maximum Gasteiger partial charge on any atom is 0.318 e. The lowest BCUT2D eigenvalue weighted by atomic mass is 9.85. The molecule has 0 saturated heterocycles. The van der Waals surface area contributed by atoms with Crippen molar-refractivity contribution in [1.29, 1.82) is 0 Å². The molecule has 1 atom stereocenters. The fraction of sp³-hybridized carbons (Fsp3) is 0.588. The normalized spacial score (nSPS) is 17.4. The first-order valence-corrected chi connectivity index (χ1v) is 7.94. The maximum absolute atomic E-state index is 12.6. The van der Waals surface area contributed by atoms with Gasteiger partial charge in [0.2, 0.25) is 5.91 Å². The smallest absolute Gasteiger partial charge is 0.318 e. The topological polar surface area (TPSA) is 68.3 Å². The lowest BCUT2D eigenvalue weighted by Crippen LogP contribution is -2.36. The molecule has 1 heterocycles. The molecule has 1 aliphatic carbocycles. The van der Waals surface area contributed by atoms with Crippen molar-refractivity contribution in [3.63, 3.8) is 0 Å². The van der Waals surface area contributed by atoms with Crippen LogP contribution in [0.2, 0.25) is 0 Å². The van der Waals surface area contributed by atoms with Gasteiger partial charge in [-0.3, -0.25) is 9.59 Å². The highest BCUT2D eigenvalue weighted by molar-refractivity contribution is 6.04. The first-order valence-electron chi connectivity index (χ1n) is 7.94. The Balaban J connectivity index is 2.13. The van der Waals surface area contributed by atoms with Crippen LogP contribution in [0.3, 0.4) is 0 Å². The number of hydrogen-bond donors (Lipinski definition) is 1. The number of anilines is 1. The van der Waals surface area contributed by atoms with E-state index in [2.05, 4.69) is 10.3 Å². The summed E-state index contributed by atoms with van der Waals surface area (Å²) < 4.78 is 4.87. The van der Waals surface area contributed by atoms with Crippen LogP contribution in [0.5, 0.6) is 0 Å². The Morgan fingerprint density at radius 1 is 1.23 bits per heavy atom. The summed E-state index contributed by atoms with van der Waals surface area (Å²) in [7, 11) is 1.34. The largest absolute Gasteiger partial charge is 0.468 e. The fourth-order valence-electron chi connectivity index (χ4n) is 3.10. The van der Waals surface area contributed by atoms with Gasteiger partial charge in [0.05, 0.1) is 7.11 Å². The Kier molecular flexibility index (Phi) is 5.92. The van der Waals surface area contributed by atoms with Gasteiger partial charge in [0.1, 0.15) is 11.7 Å². The number of carbonyl (C=O) groups is 2. The highest BCUT2D eigenvalue weighted by Gasteiger charge is 2.36. The van der Waals surface area contributed by atoms with E-state index in [1.807, 2.05) is 19.1 Å². The lowest BCUT2D eigenvalue weighted by molar-refractivity contribution is -0.151. The number of pyridine rings is 1. The third-order valence-corrected chi connectivity index (χ3v) is 4.25. The van der Waals surface area contributed by atoms with Crippen molar-refractivity contribution in [1.82, 2.24) is 4.98 Å². The molecule has 0 spiro atoms. The number of rotatable bonds is 4. The molecule has 1 aliphatic rings. The Morgan fingerprint density at radius 3 is 2.50 bits per heavy atom. The molecule has 1 amide bonds. The molecular formula is C17H24N2O3. The van der Waals surface area contributed by atoms with Crippen LogP contribution >= 0.6 is 0 Å². The van der Waals surface area contributed by atoms with Crippen LogP contribution in [0, 0.1) is 18.8 Å². The van der Waals surface area contributed by atoms with Gasteiger partial charge in [-0.1, -0.05) is 31.7 Å². The minimum Gasteiger partial charge on any atom is -0.468 e. The van der Waals surface area contributed by atoms with Crippen molar-refractivity contribution in [2.75, 3.05) is 12.4 Å². The highest BCUT2D eigenvalue weighted by atomic mass is 16.5. The Morgan fingerprint density at radius 2 is 1.91 bits per heavy atom. The summed E-state index contributed by atoms with van der Waals surface area (Å²) in [6.07, 6.45) is 6.27. The molecule has 1 aromatic heterocycles. The van der Waals surface area contributed by atoms with Crippen molar-refractivity contribution in [2.24, 2.45) is 11.8 Å². The van der Waals surface area contributed by atoms with Crippen molar-refractivity contribution in [3.8, 4) is 0 Å². The summed E-state index contributed by atoms with van der Waals surface area (Å²) in [6.45, 7) is 1.86. The predicted molar refractivity (Wildman–Crippen MR) is 84.3 cm³/mol. The van der Waals surface area contributed by atoms with Gasteiger partial charge in [0, 0.05) is 5.69 Å². The molecule has 0 aliphatic heterocycles. The van der Waals surface area contributed by atoms with E-state index in [0.29, 0.717) is 5.82 Å². The number of carbonyl (C=O) groups excluding carboxylic acids is 2. The van der Waals surface area contributed by atoms with Gasteiger partial charge in [0.15, 0.2) is 0 Å². The van der Waals surface area contributed by atoms with Gasteiger partial charge >= 0.3 is 5.97 Å². The van der Waals surface area contributed by atoms with Gasteiger partial charge in [0.25, 0.3) is 0 Å². The molecule has 2 rings (SSSR count). The Hall–Kier alpha value is -1.91. The van der Waals surface area contributed by atoms with Crippen LogP contribution in [0.1, 0.15) is 44.2 Å². The number of nitrogens with one attached hydrogen (secondary N) is 1. The Labute approximate surface area is 131 Å². The van der Waals surface area contributed by atoms with Crippen LogP contribution in [0.15, 0.2) is 18.2 Å². The molecular weight excluding hydrogens is 280 g/mol. The van der Waals surface area contributed by atoms with E-state index >= 15 is 0 Å². The second kappa shape index (κ2) is 7.92. The minimum absolute atomic E-state index is 0.0553. The molecule has 1 fully saturated rings. The second-order valence-electron chi connectivity index (χ2n) is 5.91. The van der Waals surface area contributed by atoms with Crippen molar-refractivity contribution in [3.05, 3.63) is 23.9 Å². The fourth-order valence-corrected chi connectivity index (χ4v) is 3.10. The van der Waals surface area contributed by atoms with E-state index in [4.69, 9.17) is 4.74 Å². The van der Waals surface area contributed by atoms with Gasteiger partial charge < -0.3 is 10.1 Å². The highest BCUT2D eigenvalue weighted by Crippen LogP contribution is 2.30. The zero-order chi connectivity index (χ0) is 15.9. The molecule has 22 heavy (non-hydrogen) atoms. The Bertz CT molecular complexity index is 522. The average Bonchev–Trinajstić information content (AvgIpc) is 2.76. The van der Waals surface area contributed by atoms with Crippen LogP contribution in [0.25, 0.3) is 0 Å². The zero-order valence-electron chi connectivity index (χ0n) is 13.3. The molecule has 1 saturated carbocycles. The standard InChI is InChI=1S/C17H24N2O3/c1-12-8-7-11-14(18-12)19-16(20)15(17(21)22-2)13-9-5-3-4-6-10-13/h7-8,11,13,15H,3-6,9-10H2,1-2H3,(H,18,19,20)/t15-/m0/s1. The van der Waals surface area contributed by atoms with E-state index < -0.39 is 11.9 Å². The summed E-state index contributed by atoms with van der Waals surface area (Å²) in [6, 6.07) is 5.42. The quantitative estimate of drug-likeness (QED) is 0.527. The van der Waals surface area contributed by atoms with Crippen LogP contribution in [0.4, 0.5) is 5.82 Å². The molecule has 1 aromatic rings. The molecule has 1 N–H and O–H groups in total. The molecule has 120 valence electrons. The van der Waals surface area contributed by atoms with Crippen molar-refractivity contribution in [2.45, 2.75) is 45.4 Å². The first kappa shape index (κ1) is 16.5. The summed E-state index contributed by atoms with van der Waals surface area (Å²) in [5.41, 5.74) is 0.821. The third-order valence-electron chi connectivity index (χ3n) is 4.25. The summed E-state index contributed by atoms with van der Waals surface area (Å²) in [5.74, 6) is -0.966. The summed E-state index contributed by atoms with van der Waals surface area (Å²) in [5, 5.41) is 2.76. The van der Waals surface area contributed by atoms with E-state index in [1.165, 1.54) is 20.0 Å². The van der Waals surface area contributed by atoms with E-state index in [-0.39, 0.29) is 11.8 Å². The van der Waals surface area contributed by atoms with E-state index in [9.17, 15) is 9.59 Å². The number of ether oxygens (including phenoxy) is 1. The molecule has 5 heteroatoms. The van der Waals surface area contributed by atoms with E-state index in [0.717, 1.165) is 31.4 Å². The van der Waals surface area contributed by atoms with Crippen molar-refractivity contribution >= 4 is 17.7 Å². The number of methoxy groups -OCH3 is 1. The van der Waals surface area contributed by atoms with Crippen LogP contribution in [-0.4, -0.2) is 24.0 Å². The number of esters is 1. The molecule has 5 nitrogen and oxygen atoms in total. The van der Waals surface area contributed by atoms with Crippen LogP contribution < -0.4 is 5.32 Å². The summed E-state index contributed by atoms with van der Waals surface area (Å²) in [4.78, 5) is 29.0. The number of amides is 1. The number of aryl methyl sites for hydroxylation is 1. The molecule has 0 bridgehead atoms. The first-order chi connectivity index (χ1) is 10.6. The van der Waals surface area contributed by atoms with Gasteiger partial charge in [-0.15, -0.1) is 0 Å². The SMILES string of the molecule is COC(=O)[C@H](C(=O)Nc1cccc(C)n1)C1CCCCCC1. The number of hydrogen-bond acceptors (Lipinski definition) is 4. The maximum atomic E-state index is 12.6. The van der Waals surface area contributed by atoms with E-state index in [1.54, 1.807) is 6.07 Å². The number of aromatic nitrogens is 1. The zero-order valence-corrected chi connectivity index (χ0v) is 13.3. The monoisotopic (exact) mass is 304 g/mol. The van der Waals surface area contributed by atoms with Crippen LogP contribution in [-0.2, 0) is 14.3 Å². The van der Waals surface area contributed by atoms with Gasteiger partial charge in [-0.05, 0) is 37.8 Å². The van der Waals surface area contributed by atoms with Gasteiger partial charge in [-0.2, -0.15) is 0 Å². The second-order valence-corrected chi connectivity index (χ2v) is 5.91. The van der Waals surface area contributed by atoms with Crippen molar-refractivity contribution < 1.29 is 14.3 Å². The minimum atomic E-state index is -0.745. The molecule has 0 aromatic carbocycles. The lowest BCUT2D eigenvalue weighted by Gasteiger charge is -2.23. The third kappa shape index (κ3) is 4.29. The molecule has 0 radical (unpaired) electrons. The predicted octanol–water partition coefficient (Wildman–Crippen LogP) is 3.09. The van der Waals surface area contributed by atoms with Gasteiger partial charge in [-0.25, -0.2) is 4.98 Å². The molecule has 0 unspecified atom stereocenters. The average molecular weight is 304 g/mol. The number of nitrogens with zero attached hydrogens (tertiary/aromatic N) is 1. The summed E-state index contributed by atoms with van der Waals surface area (Å²) >= 11 is 0.